The van der Waals surface area contributed by atoms with Crippen LogP contribution in [0.25, 0.3) is 0 Å². The first-order valence-corrected chi connectivity index (χ1v) is 7.09. The van der Waals surface area contributed by atoms with Gasteiger partial charge in [0.2, 0.25) is 0 Å². The molecule has 0 aliphatic carbocycles. The Bertz CT molecular complexity index is 539. The fourth-order valence-corrected chi connectivity index (χ4v) is 2.36. The average molecular weight is 280 g/mol. The van der Waals surface area contributed by atoms with E-state index in [-0.39, 0.29) is 5.54 Å². The van der Waals surface area contributed by atoms with Crippen molar-refractivity contribution in [3.63, 3.8) is 0 Å². The standard InChI is InChI=1S/C13H20N4OS/c1-9(18)12-15-7-11(19-12)6-14-10-5-16-17(8-10)13(2,3)4/h5,7-9,14,18H,6H2,1-4H3. The largest absolute Gasteiger partial charge is 0.386 e. The monoisotopic (exact) mass is 280 g/mol. The van der Waals surface area contributed by atoms with Gasteiger partial charge in [-0.3, -0.25) is 4.68 Å². The molecule has 0 aromatic carbocycles. The number of aliphatic hydroxyl groups excluding tert-OH is 1. The summed E-state index contributed by atoms with van der Waals surface area (Å²) in [4.78, 5) is 5.28. The first kappa shape index (κ1) is 14.0. The number of rotatable bonds is 4. The molecule has 1 atom stereocenters. The summed E-state index contributed by atoms with van der Waals surface area (Å²) in [6, 6.07) is 0. The zero-order chi connectivity index (χ0) is 14.0. The number of nitrogens with zero attached hydrogens (tertiary/aromatic N) is 3. The molecule has 2 N–H and O–H groups in total. The quantitative estimate of drug-likeness (QED) is 0.904. The lowest BCUT2D eigenvalue weighted by atomic mass is 10.1. The Morgan fingerprint density at radius 2 is 2.16 bits per heavy atom. The zero-order valence-corrected chi connectivity index (χ0v) is 12.5. The molecule has 104 valence electrons. The first-order chi connectivity index (χ1) is 8.86. The molecule has 0 spiro atoms. The van der Waals surface area contributed by atoms with Gasteiger partial charge in [-0.25, -0.2) is 4.98 Å². The van der Waals surface area contributed by atoms with Crippen LogP contribution in [0.1, 0.15) is 43.7 Å². The molecule has 0 aliphatic rings. The number of aliphatic hydroxyl groups is 1. The molecule has 0 bridgehead atoms. The molecule has 19 heavy (non-hydrogen) atoms. The van der Waals surface area contributed by atoms with Crippen LogP contribution in [0.2, 0.25) is 0 Å². The summed E-state index contributed by atoms with van der Waals surface area (Å²) in [5.74, 6) is 0. The van der Waals surface area contributed by atoms with Crippen molar-refractivity contribution < 1.29 is 5.11 Å². The normalized spacial score (nSPS) is 13.5. The molecule has 2 aromatic heterocycles. The van der Waals surface area contributed by atoms with E-state index in [1.54, 1.807) is 13.1 Å². The minimum Gasteiger partial charge on any atom is -0.386 e. The Morgan fingerprint density at radius 1 is 1.42 bits per heavy atom. The van der Waals surface area contributed by atoms with E-state index in [0.717, 1.165) is 15.6 Å². The van der Waals surface area contributed by atoms with Gasteiger partial charge in [0.25, 0.3) is 0 Å². The number of hydrogen-bond donors (Lipinski definition) is 2. The van der Waals surface area contributed by atoms with Gasteiger partial charge in [-0.2, -0.15) is 5.10 Å². The molecular formula is C13H20N4OS. The van der Waals surface area contributed by atoms with Crippen molar-refractivity contribution in [2.45, 2.75) is 45.9 Å². The third-order valence-corrected chi connectivity index (χ3v) is 3.83. The highest BCUT2D eigenvalue weighted by molar-refractivity contribution is 7.11. The Labute approximate surface area is 117 Å². The third-order valence-electron chi connectivity index (χ3n) is 2.67. The van der Waals surface area contributed by atoms with Crippen LogP contribution in [0.15, 0.2) is 18.6 Å². The highest BCUT2D eigenvalue weighted by Crippen LogP contribution is 2.21. The maximum absolute atomic E-state index is 9.43. The van der Waals surface area contributed by atoms with Gasteiger partial charge in [-0.15, -0.1) is 11.3 Å². The lowest BCUT2D eigenvalue weighted by molar-refractivity contribution is 0.199. The molecule has 0 radical (unpaired) electrons. The summed E-state index contributed by atoms with van der Waals surface area (Å²) in [6.07, 6.45) is 5.12. The van der Waals surface area contributed by atoms with Crippen LogP contribution in [0.4, 0.5) is 5.69 Å². The van der Waals surface area contributed by atoms with Gasteiger partial charge in [-0.1, -0.05) is 0 Å². The van der Waals surface area contributed by atoms with Gasteiger partial charge in [0.15, 0.2) is 0 Å². The van der Waals surface area contributed by atoms with Crippen LogP contribution in [0, 0.1) is 0 Å². The van der Waals surface area contributed by atoms with Crippen molar-refractivity contribution in [1.29, 1.82) is 0 Å². The van der Waals surface area contributed by atoms with Crippen molar-refractivity contribution in [2.75, 3.05) is 5.32 Å². The van der Waals surface area contributed by atoms with E-state index in [4.69, 9.17) is 0 Å². The van der Waals surface area contributed by atoms with E-state index in [0.29, 0.717) is 6.54 Å². The van der Waals surface area contributed by atoms with E-state index in [9.17, 15) is 5.11 Å². The van der Waals surface area contributed by atoms with E-state index in [1.165, 1.54) is 11.3 Å². The summed E-state index contributed by atoms with van der Waals surface area (Å²) in [5.41, 5.74) is 0.978. The molecule has 0 saturated heterocycles. The van der Waals surface area contributed by atoms with Gasteiger partial charge in [-0.05, 0) is 27.7 Å². The van der Waals surface area contributed by atoms with E-state index < -0.39 is 6.10 Å². The van der Waals surface area contributed by atoms with Crippen LogP contribution in [-0.4, -0.2) is 19.9 Å². The number of nitrogens with one attached hydrogen (secondary N) is 1. The van der Waals surface area contributed by atoms with Crippen LogP contribution in [0.3, 0.4) is 0 Å². The lowest BCUT2D eigenvalue weighted by Gasteiger charge is -2.18. The minimum atomic E-state index is -0.498. The maximum atomic E-state index is 9.43. The second-order valence-corrected chi connectivity index (χ2v) is 6.69. The van der Waals surface area contributed by atoms with Gasteiger partial charge >= 0.3 is 0 Å². The Morgan fingerprint density at radius 3 is 2.68 bits per heavy atom. The van der Waals surface area contributed by atoms with Gasteiger partial charge in [0.1, 0.15) is 11.1 Å². The Balaban J connectivity index is 1.96. The molecule has 2 aromatic rings. The molecule has 0 aliphatic heterocycles. The second-order valence-electron chi connectivity index (χ2n) is 5.54. The van der Waals surface area contributed by atoms with Crippen LogP contribution in [-0.2, 0) is 12.1 Å². The fourth-order valence-electron chi connectivity index (χ4n) is 1.57. The van der Waals surface area contributed by atoms with Crippen LogP contribution in [0.5, 0.6) is 0 Å². The molecule has 0 saturated carbocycles. The SMILES string of the molecule is CC(O)c1ncc(CNc2cnn(C(C)(C)C)c2)s1. The zero-order valence-electron chi connectivity index (χ0n) is 11.7. The van der Waals surface area contributed by atoms with E-state index in [2.05, 4.69) is 36.2 Å². The predicted molar refractivity (Wildman–Crippen MR) is 77.3 cm³/mol. The minimum absolute atomic E-state index is 0.0100. The topological polar surface area (TPSA) is 63.0 Å². The Hall–Kier alpha value is -1.40. The van der Waals surface area contributed by atoms with E-state index in [1.807, 2.05) is 17.1 Å². The van der Waals surface area contributed by atoms with Crippen molar-refractivity contribution in [3.8, 4) is 0 Å². The number of hydrogen-bond acceptors (Lipinski definition) is 5. The van der Waals surface area contributed by atoms with E-state index >= 15 is 0 Å². The van der Waals surface area contributed by atoms with Crippen molar-refractivity contribution in [3.05, 3.63) is 28.5 Å². The fraction of sp³-hybridized carbons (Fsp3) is 0.538. The van der Waals surface area contributed by atoms with Crippen LogP contribution < -0.4 is 5.32 Å². The number of aromatic nitrogens is 3. The lowest BCUT2D eigenvalue weighted by Crippen LogP contribution is -2.21. The smallest absolute Gasteiger partial charge is 0.121 e. The number of thiazole rings is 1. The molecule has 5 nitrogen and oxygen atoms in total. The maximum Gasteiger partial charge on any atom is 0.121 e. The van der Waals surface area contributed by atoms with Crippen molar-refractivity contribution in [1.82, 2.24) is 14.8 Å². The number of anilines is 1. The Kier molecular flexibility index (Phi) is 3.91. The molecule has 0 amide bonds. The molecule has 2 rings (SSSR count). The van der Waals surface area contributed by atoms with Crippen molar-refractivity contribution >= 4 is 17.0 Å². The summed E-state index contributed by atoms with van der Waals surface area (Å²) >= 11 is 1.52. The summed E-state index contributed by atoms with van der Waals surface area (Å²) in [5, 5.41) is 17.8. The first-order valence-electron chi connectivity index (χ1n) is 6.28. The van der Waals surface area contributed by atoms with Gasteiger partial charge in [0.05, 0.1) is 24.0 Å². The van der Waals surface area contributed by atoms with Crippen molar-refractivity contribution in [2.24, 2.45) is 0 Å². The summed E-state index contributed by atoms with van der Waals surface area (Å²) in [7, 11) is 0. The molecule has 2 heterocycles. The molecule has 6 heteroatoms. The average Bonchev–Trinajstić information content (AvgIpc) is 2.95. The summed E-state index contributed by atoms with van der Waals surface area (Å²) < 4.78 is 1.93. The highest BCUT2D eigenvalue weighted by Gasteiger charge is 2.14. The van der Waals surface area contributed by atoms with Gasteiger partial charge < -0.3 is 10.4 Å². The second kappa shape index (κ2) is 5.30. The van der Waals surface area contributed by atoms with Crippen LogP contribution >= 0.6 is 11.3 Å². The van der Waals surface area contributed by atoms with Gasteiger partial charge in [0, 0.05) is 17.3 Å². The third kappa shape index (κ3) is 3.54. The predicted octanol–water partition coefficient (Wildman–Crippen LogP) is 2.76. The highest BCUT2D eigenvalue weighted by atomic mass is 32.1. The molecule has 0 fully saturated rings. The summed E-state index contributed by atoms with van der Waals surface area (Å²) in [6.45, 7) is 8.76. The molecule has 1 unspecified atom stereocenters. The molecular weight excluding hydrogens is 260 g/mol.